The van der Waals surface area contributed by atoms with E-state index in [-0.39, 0.29) is 36.2 Å². The van der Waals surface area contributed by atoms with Gasteiger partial charge >= 0.3 is 5.97 Å². The Hall–Kier alpha value is -1.84. The van der Waals surface area contributed by atoms with Crippen LogP contribution in [0.2, 0.25) is 0 Å². The molecule has 0 bridgehead atoms. The highest BCUT2D eigenvalue weighted by atomic mass is 16.5. The molecule has 1 aromatic rings. The molecule has 0 spiro atoms. The third-order valence-electron chi connectivity index (χ3n) is 3.26. The number of amides is 1. The van der Waals surface area contributed by atoms with Crippen molar-refractivity contribution in [2.24, 2.45) is 11.3 Å². The lowest BCUT2D eigenvalue weighted by Crippen LogP contribution is -2.35. The number of hydrogen-bond donors (Lipinski definition) is 1. The normalized spacial score (nSPS) is 12.5. The molecule has 4 heteroatoms. The van der Waals surface area contributed by atoms with Crippen molar-refractivity contribution in [3.05, 3.63) is 35.9 Å². The van der Waals surface area contributed by atoms with Gasteiger partial charge in [0.1, 0.15) is 6.61 Å². The maximum atomic E-state index is 11.9. The lowest BCUT2D eigenvalue weighted by molar-refractivity contribution is -0.145. The summed E-state index contributed by atoms with van der Waals surface area (Å²) in [5.74, 6) is -0.461. The molecule has 122 valence electrons. The van der Waals surface area contributed by atoms with Crippen LogP contribution >= 0.6 is 0 Å². The molecule has 0 saturated carbocycles. The van der Waals surface area contributed by atoms with E-state index in [1.807, 2.05) is 37.3 Å². The summed E-state index contributed by atoms with van der Waals surface area (Å²) in [6.07, 6.45) is 0.764. The zero-order chi connectivity index (χ0) is 16.6. The summed E-state index contributed by atoms with van der Waals surface area (Å²) < 4.78 is 5.20. The van der Waals surface area contributed by atoms with Crippen LogP contribution in [0.1, 0.15) is 46.1 Å². The van der Waals surface area contributed by atoms with Gasteiger partial charge in [-0.1, -0.05) is 58.0 Å². The minimum absolute atomic E-state index is 0.00853. The maximum absolute atomic E-state index is 11.9. The molecule has 4 nitrogen and oxygen atoms in total. The Morgan fingerprint density at radius 1 is 1.18 bits per heavy atom. The number of benzene rings is 1. The van der Waals surface area contributed by atoms with E-state index in [1.165, 1.54) is 0 Å². The second kappa shape index (κ2) is 8.57. The molecule has 1 amide bonds. The van der Waals surface area contributed by atoms with Gasteiger partial charge in [0.2, 0.25) is 5.91 Å². The van der Waals surface area contributed by atoms with Crippen LogP contribution in [0.3, 0.4) is 0 Å². The molecule has 0 radical (unpaired) electrons. The van der Waals surface area contributed by atoms with Crippen molar-refractivity contribution in [2.75, 3.05) is 6.54 Å². The summed E-state index contributed by atoms with van der Waals surface area (Å²) >= 11 is 0. The number of ether oxygens (including phenoxy) is 1. The molecule has 1 unspecified atom stereocenters. The van der Waals surface area contributed by atoms with Crippen LogP contribution in [-0.4, -0.2) is 18.4 Å². The highest BCUT2D eigenvalue weighted by Crippen LogP contribution is 2.12. The first-order valence-corrected chi connectivity index (χ1v) is 7.75. The Balaban J connectivity index is 2.24. The maximum Gasteiger partial charge on any atom is 0.306 e. The summed E-state index contributed by atoms with van der Waals surface area (Å²) in [4.78, 5) is 23.6. The van der Waals surface area contributed by atoms with Crippen LogP contribution in [0.5, 0.6) is 0 Å². The third kappa shape index (κ3) is 7.81. The minimum Gasteiger partial charge on any atom is -0.461 e. The summed E-state index contributed by atoms with van der Waals surface area (Å²) in [5, 5.41) is 2.91. The van der Waals surface area contributed by atoms with Crippen LogP contribution in [-0.2, 0) is 20.9 Å². The molecular formula is C18H27NO3. The highest BCUT2D eigenvalue weighted by Gasteiger charge is 2.17. The van der Waals surface area contributed by atoms with Gasteiger partial charge in [0.05, 0.1) is 0 Å². The summed E-state index contributed by atoms with van der Waals surface area (Å²) in [5.41, 5.74) is 1.02. The molecule has 1 N–H and O–H groups in total. The van der Waals surface area contributed by atoms with E-state index in [0.29, 0.717) is 13.0 Å². The fraction of sp³-hybridized carbons (Fsp3) is 0.556. The number of hydrogen-bond acceptors (Lipinski definition) is 3. The van der Waals surface area contributed by atoms with E-state index in [2.05, 4.69) is 26.1 Å². The van der Waals surface area contributed by atoms with Crippen molar-refractivity contribution in [3.63, 3.8) is 0 Å². The van der Waals surface area contributed by atoms with Crippen molar-refractivity contribution in [1.82, 2.24) is 5.32 Å². The van der Waals surface area contributed by atoms with E-state index in [9.17, 15) is 9.59 Å². The van der Waals surface area contributed by atoms with Gasteiger partial charge in [-0.2, -0.15) is 0 Å². The van der Waals surface area contributed by atoms with E-state index in [4.69, 9.17) is 4.74 Å². The first-order valence-electron chi connectivity index (χ1n) is 7.75. The Labute approximate surface area is 133 Å². The average molecular weight is 305 g/mol. The zero-order valence-electron chi connectivity index (χ0n) is 14.0. The van der Waals surface area contributed by atoms with Gasteiger partial charge in [-0.3, -0.25) is 9.59 Å². The monoisotopic (exact) mass is 305 g/mol. The van der Waals surface area contributed by atoms with E-state index < -0.39 is 0 Å². The fourth-order valence-corrected chi connectivity index (χ4v) is 1.80. The smallest absolute Gasteiger partial charge is 0.306 e. The van der Waals surface area contributed by atoms with Crippen molar-refractivity contribution in [3.8, 4) is 0 Å². The van der Waals surface area contributed by atoms with Crippen LogP contribution < -0.4 is 5.32 Å². The summed E-state index contributed by atoms with van der Waals surface area (Å²) in [6.45, 7) is 8.96. The van der Waals surface area contributed by atoms with Gasteiger partial charge in [0.15, 0.2) is 0 Å². The van der Waals surface area contributed by atoms with Crippen LogP contribution in [0.15, 0.2) is 30.3 Å². The molecule has 0 aliphatic heterocycles. The predicted octanol–water partition coefficient (Wildman–Crippen LogP) is 3.31. The van der Waals surface area contributed by atoms with Crippen molar-refractivity contribution < 1.29 is 14.3 Å². The molecule has 22 heavy (non-hydrogen) atoms. The molecule has 0 saturated heterocycles. The molecule has 0 fully saturated rings. The summed E-state index contributed by atoms with van der Waals surface area (Å²) in [7, 11) is 0. The van der Waals surface area contributed by atoms with Gasteiger partial charge in [-0.25, -0.2) is 0 Å². The number of rotatable bonds is 7. The van der Waals surface area contributed by atoms with Crippen LogP contribution in [0.25, 0.3) is 0 Å². The number of carbonyl (C=O) groups is 2. The highest BCUT2D eigenvalue weighted by molar-refractivity contribution is 5.79. The molecule has 1 rings (SSSR count). The molecule has 0 heterocycles. The van der Waals surface area contributed by atoms with Gasteiger partial charge < -0.3 is 10.1 Å². The fourth-order valence-electron chi connectivity index (χ4n) is 1.80. The SMILES string of the molecule is CC(CCC(=O)OCc1ccccc1)C(=O)NCC(C)(C)C. The molecule has 0 aromatic heterocycles. The molecular weight excluding hydrogens is 278 g/mol. The Bertz CT molecular complexity index is 477. The van der Waals surface area contributed by atoms with Crippen LogP contribution in [0.4, 0.5) is 0 Å². The van der Waals surface area contributed by atoms with Gasteiger partial charge in [-0.15, -0.1) is 0 Å². The first-order chi connectivity index (χ1) is 10.3. The number of carbonyl (C=O) groups excluding carboxylic acids is 2. The van der Waals surface area contributed by atoms with Gasteiger partial charge in [0.25, 0.3) is 0 Å². The van der Waals surface area contributed by atoms with Gasteiger partial charge in [-0.05, 0) is 17.4 Å². The lowest BCUT2D eigenvalue weighted by atomic mass is 9.96. The molecule has 0 aliphatic rings. The average Bonchev–Trinajstić information content (AvgIpc) is 2.48. The topological polar surface area (TPSA) is 55.4 Å². The number of esters is 1. The Morgan fingerprint density at radius 2 is 1.82 bits per heavy atom. The Kier molecular flexibility index (Phi) is 7.09. The lowest BCUT2D eigenvalue weighted by Gasteiger charge is -2.20. The van der Waals surface area contributed by atoms with E-state index in [0.717, 1.165) is 5.56 Å². The number of nitrogens with one attached hydrogen (secondary N) is 1. The minimum atomic E-state index is -0.265. The van der Waals surface area contributed by atoms with Crippen molar-refractivity contribution >= 4 is 11.9 Å². The van der Waals surface area contributed by atoms with E-state index in [1.54, 1.807) is 0 Å². The van der Waals surface area contributed by atoms with Crippen molar-refractivity contribution in [1.29, 1.82) is 0 Å². The Morgan fingerprint density at radius 3 is 2.41 bits per heavy atom. The van der Waals surface area contributed by atoms with Crippen LogP contribution in [0, 0.1) is 11.3 Å². The quantitative estimate of drug-likeness (QED) is 0.786. The molecule has 1 aromatic carbocycles. The molecule has 0 aliphatic carbocycles. The van der Waals surface area contributed by atoms with Crippen molar-refractivity contribution in [2.45, 2.75) is 47.1 Å². The van der Waals surface area contributed by atoms with E-state index >= 15 is 0 Å². The largest absolute Gasteiger partial charge is 0.461 e. The summed E-state index contributed by atoms with van der Waals surface area (Å²) in [6, 6.07) is 9.56. The first kappa shape index (κ1) is 18.2. The van der Waals surface area contributed by atoms with Gasteiger partial charge in [0, 0.05) is 18.9 Å². The zero-order valence-corrected chi connectivity index (χ0v) is 14.0. The second-order valence-electron chi connectivity index (χ2n) is 6.86. The molecule has 1 atom stereocenters. The predicted molar refractivity (Wildman–Crippen MR) is 87.1 cm³/mol. The standard InChI is InChI=1S/C18H27NO3/c1-14(17(21)19-13-18(2,3)4)10-11-16(20)22-12-15-8-6-5-7-9-15/h5-9,14H,10-13H2,1-4H3,(H,19,21). The second-order valence-corrected chi connectivity index (χ2v) is 6.86. The third-order valence-corrected chi connectivity index (χ3v) is 3.26.